The highest BCUT2D eigenvalue weighted by Crippen LogP contribution is 2.25. The molecule has 0 amide bonds. The number of benzene rings is 1. The number of aromatic nitrogens is 3. The number of anilines is 1. The van der Waals surface area contributed by atoms with E-state index in [1.54, 1.807) is 6.21 Å². The van der Waals surface area contributed by atoms with E-state index in [1.807, 2.05) is 30.3 Å². The summed E-state index contributed by atoms with van der Waals surface area (Å²) in [5, 5.41) is 24.0. The summed E-state index contributed by atoms with van der Waals surface area (Å²) >= 11 is 9.27. The molecule has 0 radical (unpaired) electrons. The van der Waals surface area contributed by atoms with Crippen LogP contribution >= 0.6 is 24.8 Å². The zero-order chi connectivity index (χ0) is 14.8. The average molecular weight is 319 g/mol. The summed E-state index contributed by atoms with van der Waals surface area (Å²) in [6.07, 6.45) is 2.62. The predicted molar refractivity (Wildman–Crippen MR) is 88.0 cm³/mol. The van der Waals surface area contributed by atoms with Crippen LogP contribution in [-0.4, -0.2) is 32.4 Å². The van der Waals surface area contributed by atoms with Gasteiger partial charge in [-0.2, -0.15) is 27.5 Å². The summed E-state index contributed by atoms with van der Waals surface area (Å²) in [7, 11) is 0. The van der Waals surface area contributed by atoms with Crippen LogP contribution in [0, 0.1) is 4.77 Å². The number of H-pyrrole nitrogens is 1. The van der Waals surface area contributed by atoms with Crippen molar-refractivity contribution in [2.45, 2.75) is 12.0 Å². The molecule has 21 heavy (non-hydrogen) atoms. The van der Waals surface area contributed by atoms with Gasteiger partial charge in [0.15, 0.2) is 12.1 Å². The molecule has 0 saturated heterocycles. The number of fused-ring (bicyclic) bond motifs is 1. The number of hydrogen-bond donors (Lipinski definition) is 4. The van der Waals surface area contributed by atoms with Crippen molar-refractivity contribution in [3.63, 3.8) is 0 Å². The molecule has 0 bridgehead atoms. The highest BCUT2D eigenvalue weighted by molar-refractivity contribution is 7.79. The Kier molecular flexibility index (Phi) is 3.91. The van der Waals surface area contributed by atoms with E-state index < -0.39 is 6.23 Å². The lowest BCUT2D eigenvalue weighted by Crippen LogP contribution is -2.25. The molecule has 8 heteroatoms. The smallest absolute Gasteiger partial charge is 0.216 e. The summed E-state index contributed by atoms with van der Waals surface area (Å²) in [4.78, 5) is 0. The monoisotopic (exact) mass is 319 g/mol. The van der Waals surface area contributed by atoms with Crippen molar-refractivity contribution >= 4 is 42.8 Å². The van der Waals surface area contributed by atoms with Crippen LogP contribution in [-0.2, 0) is 5.75 Å². The maximum atomic E-state index is 10.1. The van der Waals surface area contributed by atoms with Crippen LogP contribution < -0.4 is 5.32 Å². The highest BCUT2D eigenvalue weighted by Gasteiger charge is 2.16. The van der Waals surface area contributed by atoms with Crippen LogP contribution in [0.4, 0.5) is 5.69 Å². The summed E-state index contributed by atoms with van der Waals surface area (Å²) in [5.74, 6) is 1.02. The van der Waals surface area contributed by atoms with Gasteiger partial charge in [0.2, 0.25) is 4.77 Å². The Morgan fingerprint density at radius 1 is 1.48 bits per heavy atom. The molecule has 0 spiro atoms. The van der Waals surface area contributed by atoms with Crippen molar-refractivity contribution in [2.24, 2.45) is 5.10 Å². The Morgan fingerprint density at radius 3 is 3.10 bits per heavy atom. The number of aliphatic hydroxyl groups excluding tert-OH is 1. The van der Waals surface area contributed by atoms with Crippen molar-refractivity contribution in [1.82, 2.24) is 14.9 Å². The van der Waals surface area contributed by atoms with Crippen molar-refractivity contribution in [1.29, 1.82) is 0 Å². The molecule has 1 aromatic carbocycles. The fourth-order valence-corrected chi connectivity index (χ4v) is 2.42. The minimum Gasteiger partial charge on any atom is -0.369 e. The van der Waals surface area contributed by atoms with Crippen LogP contribution in [0.15, 0.2) is 34.9 Å². The Bertz CT molecular complexity index is 777. The number of aliphatic hydroxyl groups is 1. The predicted octanol–water partition coefficient (Wildman–Crippen LogP) is 2.03. The van der Waals surface area contributed by atoms with Gasteiger partial charge in [-0.05, 0) is 29.9 Å². The molecule has 0 fully saturated rings. The van der Waals surface area contributed by atoms with Gasteiger partial charge >= 0.3 is 0 Å². The molecule has 1 aliphatic heterocycles. The van der Waals surface area contributed by atoms with Gasteiger partial charge in [0, 0.05) is 11.3 Å². The molecule has 2 heterocycles. The molecule has 3 rings (SSSR count). The molecule has 1 aliphatic rings. The van der Waals surface area contributed by atoms with Gasteiger partial charge in [-0.25, -0.2) is 0 Å². The first kappa shape index (κ1) is 14.1. The van der Waals surface area contributed by atoms with E-state index in [2.05, 4.69) is 33.2 Å². The number of nitrogens with zero attached hydrogens (tertiary/aromatic N) is 3. The Hall–Kier alpha value is -1.90. The van der Waals surface area contributed by atoms with Crippen molar-refractivity contribution < 1.29 is 5.11 Å². The summed E-state index contributed by atoms with van der Waals surface area (Å²) in [6, 6.07) is 7.72. The second-order valence-corrected chi connectivity index (χ2v) is 5.14. The number of para-hydroxylation sites is 1. The second-order valence-electron chi connectivity index (χ2n) is 4.44. The maximum absolute atomic E-state index is 10.1. The van der Waals surface area contributed by atoms with Gasteiger partial charge in [-0.3, -0.25) is 5.10 Å². The van der Waals surface area contributed by atoms with Gasteiger partial charge in [-0.15, -0.1) is 0 Å². The number of rotatable bonds is 3. The second kappa shape index (κ2) is 5.84. The van der Waals surface area contributed by atoms with Gasteiger partial charge in [0.25, 0.3) is 0 Å². The summed E-state index contributed by atoms with van der Waals surface area (Å²) in [5.41, 5.74) is 2.52. The van der Waals surface area contributed by atoms with Crippen molar-refractivity contribution in [2.75, 3.05) is 5.32 Å². The zero-order valence-electron chi connectivity index (χ0n) is 10.9. The largest absolute Gasteiger partial charge is 0.369 e. The molecule has 1 unspecified atom stereocenters. The highest BCUT2D eigenvalue weighted by atomic mass is 32.1. The van der Waals surface area contributed by atoms with E-state index in [0.29, 0.717) is 21.9 Å². The number of hydrogen-bond acceptors (Lipinski definition) is 6. The number of aromatic amines is 1. The third kappa shape index (κ3) is 2.78. The zero-order valence-corrected chi connectivity index (χ0v) is 12.6. The maximum Gasteiger partial charge on any atom is 0.216 e. The molecular formula is C13H13N5OS2. The molecule has 0 saturated carbocycles. The van der Waals surface area contributed by atoms with E-state index in [4.69, 9.17) is 12.2 Å². The quantitative estimate of drug-likeness (QED) is 0.397. The van der Waals surface area contributed by atoms with Crippen LogP contribution in [0.5, 0.6) is 0 Å². The van der Waals surface area contributed by atoms with E-state index in [-0.39, 0.29) is 0 Å². The minimum atomic E-state index is -0.816. The van der Waals surface area contributed by atoms with Crippen LogP contribution in [0.3, 0.4) is 0 Å². The lowest BCUT2D eigenvalue weighted by molar-refractivity contribution is 0.246. The van der Waals surface area contributed by atoms with E-state index in [9.17, 15) is 5.11 Å². The van der Waals surface area contributed by atoms with E-state index in [0.717, 1.165) is 11.3 Å². The first-order valence-corrected chi connectivity index (χ1v) is 7.30. The average Bonchev–Trinajstić information content (AvgIpc) is 2.85. The first-order chi connectivity index (χ1) is 10.2. The Balaban J connectivity index is 1.94. The Morgan fingerprint density at radius 2 is 2.29 bits per heavy atom. The first-order valence-electron chi connectivity index (χ1n) is 6.26. The molecule has 0 aliphatic carbocycles. The lowest BCUT2D eigenvalue weighted by atomic mass is 10.0. The lowest BCUT2D eigenvalue weighted by Gasteiger charge is -2.21. The fourth-order valence-electron chi connectivity index (χ4n) is 2.02. The third-order valence-electron chi connectivity index (χ3n) is 3.07. The van der Waals surface area contributed by atoms with Crippen molar-refractivity contribution in [3.05, 3.63) is 46.0 Å². The third-order valence-corrected chi connectivity index (χ3v) is 3.62. The van der Waals surface area contributed by atoms with Crippen molar-refractivity contribution in [3.8, 4) is 0 Å². The minimum absolute atomic E-state index is 0.384. The number of nitrogens with one attached hydrogen (secondary N) is 2. The molecule has 1 atom stereocenters. The summed E-state index contributed by atoms with van der Waals surface area (Å²) in [6.45, 7) is 0. The van der Waals surface area contributed by atoms with Crippen LogP contribution in [0.25, 0.3) is 6.08 Å². The van der Waals surface area contributed by atoms with Crippen LogP contribution in [0.2, 0.25) is 0 Å². The Labute approximate surface area is 131 Å². The van der Waals surface area contributed by atoms with E-state index in [1.165, 1.54) is 4.68 Å². The summed E-state index contributed by atoms with van der Waals surface area (Å²) < 4.78 is 1.87. The topological polar surface area (TPSA) is 78.2 Å². The SMILES string of the molecule is OC1Nc2ccccc2C=C1/C=N/n1c(CS)n[nH]c1=S. The molecule has 3 N–H and O–H groups in total. The van der Waals surface area contributed by atoms with Gasteiger partial charge in [0.1, 0.15) is 0 Å². The molecule has 108 valence electrons. The standard InChI is InChI=1S/C13H13N5OS2/c19-12-9(5-8-3-1-2-4-10(8)15-12)6-14-18-11(7-20)16-17-13(18)21/h1-6,12,15,19-20H,7H2,(H,17,21)/b14-6+. The van der Waals surface area contributed by atoms with E-state index >= 15 is 0 Å². The molecule has 6 nitrogen and oxygen atoms in total. The normalized spacial score (nSPS) is 17.4. The van der Waals surface area contributed by atoms with Gasteiger partial charge in [0.05, 0.1) is 12.0 Å². The van der Waals surface area contributed by atoms with Gasteiger partial charge < -0.3 is 10.4 Å². The fraction of sp³-hybridized carbons (Fsp3) is 0.154. The number of thiol groups is 1. The molecule has 1 aromatic heterocycles. The van der Waals surface area contributed by atoms with Gasteiger partial charge in [-0.1, -0.05) is 18.2 Å². The van der Waals surface area contributed by atoms with Crippen LogP contribution in [0.1, 0.15) is 11.4 Å². The molecular weight excluding hydrogens is 306 g/mol. The molecule has 2 aromatic rings.